The maximum atomic E-state index is 11.6. The number of oxime groups is 1. The van der Waals surface area contributed by atoms with Gasteiger partial charge in [-0.2, -0.15) is 0 Å². The number of nitrogens with one attached hydrogen (secondary N) is 1. The van der Waals surface area contributed by atoms with Crippen LogP contribution in [0.3, 0.4) is 0 Å². The van der Waals surface area contributed by atoms with Crippen molar-refractivity contribution in [2.45, 2.75) is 51.6 Å². The minimum Gasteiger partial charge on any atom is -0.450 e. The molecule has 0 spiro atoms. The highest BCUT2D eigenvalue weighted by Gasteiger charge is 2.24. The summed E-state index contributed by atoms with van der Waals surface area (Å²) in [5, 5.41) is 15.1. The summed E-state index contributed by atoms with van der Waals surface area (Å²) in [6.07, 6.45) is 3.01. The second-order valence-electron chi connectivity index (χ2n) is 5.03. The van der Waals surface area contributed by atoms with Gasteiger partial charge in [-0.15, -0.1) is 0 Å². The zero-order valence-corrected chi connectivity index (χ0v) is 12.3. The van der Waals surface area contributed by atoms with Crippen LogP contribution in [0.1, 0.15) is 39.5 Å². The van der Waals surface area contributed by atoms with E-state index in [-0.39, 0.29) is 18.0 Å². The molecule has 1 aliphatic heterocycles. The van der Waals surface area contributed by atoms with Crippen LogP contribution in [0.25, 0.3) is 0 Å². The van der Waals surface area contributed by atoms with Gasteiger partial charge in [-0.25, -0.2) is 4.79 Å². The first kappa shape index (κ1) is 16.6. The molecule has 1 unspecified atom stereocenters. The molecule has 0 aliphatic carbocycles. The number of amidine groups is 1. The first-order valence-electron chi connectivity index (χ1n) is 7.24. The van der Waals surface area contributed by atoms with Gasteiger partial charge < -0.3 is 25.9 Å². The maximum Gasteiger partial charge on any atom is 0.409 e. The molecule has 116 valence electrons. The molecule has 20 heavy (non-hydrogen) atoms. The van der Waals surface area contributed by atoms with E-state index < -0.39 is 0 Å². The molecule has 1 rings (SSSR count). The number of carbonyl (C=O) groups excluding carboxylic acids is 1. The van der Waals surface area contributed by atoms with Crippen LogP contribution in [-0.2, 0) is 4.74 Å². The fraction of sp³-hybridized carbons (Fsp3) is 0.846. The van der Waals surface area contributed by atoms with E-state index in [1.54, 1.807) is 4.90 Å². The van der Waals surface area contributed by atoms with Gasteiger partial charge in [0.25, 0.3) is 0 Å². The van der Waals surface area contributed by atoms with Crippen LogP contribution in [0.2, 0.25) is 0 Å². The predicted octanol–water partition coefficient (Wildman–Crippen LogP) is 1.11. The van der Waals surface area contributed by atoms with E-state index in [4.69, 9.17) is 15.7 Å². The zero-order valence-electron chi connectivity index (χ0n) is 12.3. The zero-order chi connectivity index (χ0) is 15.0. The Morgan fingerprint density at radius 2 is 2.15 bits per heavy atom. The van der Waals surface area contributed by atoms with Gasteiger partial charge in [-0.3, -0.25) is 0 Å². The van der Waals surface area contributed by atoms with Crippen molar-refractivity contribution in [2.24, 2.45) is 10.9 Å². The SMILES string of the molecule is CCOC(=O)N1CCC(NC(CC)CC(N)=NO)CC1. The minimum absolute atomic E-state index is 0.199. The van der Waals surface area contributed by atoms with Crippen LogP contribution in [0.4, 0.5) is 4.79 Å². The highest BCUT2D eigenvalue weighted by atomic mass is 16.6. The van der Waals surface area contributed by atoms with Crippen LogP contribution in [0, 0.1) is 0 Å². The fourth-order valence-corrected chi connectivity index (χ4v) is 2.39. The monoisotopic (exact) mass is 286 g/mol. The number of amides is 1. The average molecular weight is 286 g/mol. The topological polar surface area (TPSA) is 100 Å². The Morgan fingerprint density at radius 3 is 2.65 bits per heavy atom. The van der Waals surface area contributed by atoms with E-state index in [0.29, 0.717) is 32.2 Å². The van der Waals surface area contributed by atoms with Crippen LogP contribution in [0.15, 0.2) is 5.16 Å². The van der Waals surface area contributed by atoms with Crippen molar-refractivity contribution in [2.75, 3.05) is 19.7 Å². The van der Waals surface area contributed by atoms with Crippen molar-refractivity contribution in [1.29, 1.82) is 0 Å². The van der Waals surface area contributed by atoms with Gasteiger partial charge in [0.05, 0.1) is 6.61 Å². The number of carbonyl (C=O) groups is 1. The second kappa shape index (κ2) is 8.63. The van der Waals surface area contributed by atoms with Crippen LogP contribution < -0.4 is 11.1 Å². The first-order chi connectivity index (χ1) is 9.60. The second-order valence-corrected chi connectivity index (χ2v) is 5.03. The highest BCUT2D eigenvalue weighted by Crippen LogP contribution is 2.13. The molecule has 1 fully saturated rings. The molecule has 4 N–H and O–H groups in total. The third kappa shape index (κ3) is 5.24. The molecule has 0 saturated carbocycles. The number of hydrogen-bond acceptors (Lipinski definition) is 5. The van der Waals surface area contributed by atoms with Crippen molar-refractivity contribution in [3.05, 3.63) is 0 Å². The molecule has 1 atom stereocenters. The minimum atomic E-state index is -0.227. The molecule has 7 nitrogen and oxygen atoms in total. The molecular formula is C13H26N4O3. The fourth-order valence-electron chi connectivity index (χ4n) is 2.39. The molecule has 1 amide bonds. The van der Waals surface area contributed by atoms with Gasteiger partial charge in [0.15, 0.2) is 0 Å². The quantitative estimate of drug-likeness (QED) is 0.294. The molecule has 7 heteroatoms. The Morgan fingerprint density at radius 1 is 1.50 bits per heavy atom. The summed E-state index contributed by atoms with van der Waals surface area (Å²) < 4.78 is 4.99. The summed E-state index contributed by atoms with van der Waals surface area (Å²) in [4.78, 5) is 13.3. The van der Waals surface area contributed by atoms with E-state index in [9.17, 15) is 4.79 Å². The third-order valence-electron chi connectivity index (χ3n) is 3.57. The lowest BCUT2D eigenvalue weighted by molar-refractivity contribution is 0.0942. The van der Waals surface area contributed by atoms with E-state index in [1.807, 2.05) is 6.92 Å². The van der Waals surface area contributed by atoms with E-state index in [0.717, 1.165) is 19.3 Å². The lowest BCUT2D eigenvalue weighted by atomic mass is 10.0. The van der Waals surface area contributed by atoms with Gasteiger partial charge in [0.1, 0.15) is 5.84 Å². The summed E-state index contributed by atoms with van der Waals surface area (Å²) in [6, 6.07) is 0.558. The summed E-state index contributed by atoms with van der Waals surface area (Å²) in [5.74, 6) is 0.244. The Kier molecular flexibility index (Phi) is 7.14. The van der Waals surface area contributed by atoms with E-state index in [2.05, 4.69) is 17.4 Å². The van der Waals surface area contributed by atoms with Crippen LogP contribution >= 0.6 is 0 Å². The Labute approximate surface area is 120 Å². The van der Waals surface area contributed by atoms with Crippen molar-refractivity contribution < 1.29 is 14.7 Å². The highest BCUT2D eigenvalue weighted by molar-refractivity contribution is 5.80. The number of ether oxygens (including phenoxy) is 1. The molecular weight excluding hydrogens is 260 g/mol. The van der Waals surface area contributed by atoms with Gasteiger partial charge in [0, 0.05) is 31.6 Å². The number of likely N-dealkylation sites (tertiary alicyclic amines) is 1. The van der Waals surface area contributed by atoms with Gasteiger partial charge in [-0.1, -0.05) is 12.1 Å². The molecule has 1 aliphatic rings. The van der Waals surface area contributed by atoms with Crippen molar-refractivity contribution in [1.82, 2.24) is 10.2 Å². The Bertz CT molecular complexity index is 328. The molecule has 0 aromatic heterocycles. The molecule has 1 saturated heterocycles. The van der Waals surface area contributed by atoms with E-state index >= 15 is 0 Å². The molecule has 0 bridgehead atoms. The largest absolute Gasteiger partial charge is 0.450 e. The number of nitrogens with zero attached hydrogens (tertiary/aromatic N) is 2. The van der Waals surface area contributed by atoms with Crippen LogP contribution in [0.5, 0.6) is 0 Å². The number of hydrogen-bond donors (Lipinski definition) is 3. The number of nitrogens with two attached hydrogens (primary N) is 1. The van der Waals surface area contributed by atoms with Crippen molar-refractivity contribution in [3.63, 3.8) is 0 Å². The maximum absolute atomic E-state index is 11.6. The summed E-state index contributed by atoms with van der Waals surface area (Å²) in [5.41, 5.74) is 5.54. The third-order valence-corrected chi connectivity index (χ3v) is 3.57. The molecule has 0 aromatic carbocycles. The molecule has 0 aromatic rings. The Balaban J connectivity index is 2.35. The van der Waals surface area contributed by atoms with Gasteiger partial charge in [-0.05, 0) is 26.2 Å². The van der Waals surface area contributed by atoms with Crippen LogP contribution in [-0.4, -0.2) is 53.8 Å². The lowest BCUT2D eigenvalue weighted by Gasteiger charge is -2.33. The standard InChI is InChI=1S/C13H26N4O3/c1-3-10(9-12(14)16-19)15-11-5-7-17(8-6-11)13(18)20-4-2/h10-11,15,19H,3-9H2,1-2H3,(H2,14,16). The van der Waals surface area contributed by atoms with Crippen molar-refractivity contribution in [3.8, 4) is 0 Å². The average Bonchev–Trinajstić information content (AvgIpc) is 2.47. The summed E-state index contributed by atoms with van der Waals surface area (Å²) in [6.45, 7) is 5.70. The number of rotatable bonds is 6. The first-order valence-corrected chi connectivity index (χ1v) is 7.24. The molecule has 0 radical (unpaired) electrons. The normalized spacial score (nSPS) is 18.9. The van der Waals surface area contributed by atoms with Crippen molar-refractivity contribution >= 4 is 11.9 Å². The summed E-state index contributed by atoms with van der Waals surface area (Å²) >= 11 is 0. The smallest absolute Gasteiger partial charge is 0.409 e. The van der Waals surface area contributed by atoms with Gasteiger partial charge in [0.2, 0.25) is 0 Å². The molecule has 1 heterocycles. The Hall–Kier alpha value is -1.50. The lowest BCUT2D eigenvalue weighted by Crippen LogP contribution is -2.48. The predicted molar refractivity (Wildman–Crippen MR) is 76.9 cm³/mol. The van der Waals surface area contributed by atoms with Gasteiger partial charge >= 0.3 is 6.09 Å². The van der Waals surface area contributed by atoms with E-state index in [1.165, 1.54) is 0 Å². The number of piperidine rings is 1. The summed E-state index contributed by atoms with van der Waals surface area (Å²) in [7, 11) is 0.